The molecule has 106 valence electrons. The topological polar surface area (TPSA) is 15.3 Å². The van der Waals surface area contributed by atoms with Crippen molar-refractivity contribution in [1.82, 2.24) is 5.32 Å². The predicted molar refractivity (Wildman–Crippen MR) is 84.0 cm³/mol. The average Bonchev–Trinajstić information content (AvgIpc) is 2.67. The standard InChI is InChI=1S/C16H25ClN2/c1-11(2)18-8-14-7-15(17)5-6-16(14)19-9-12(3)13(4)10-19/h5-7,11-13,18H,8-10H2,1-4H3. The second kappa shape index (κ2) is 6.15. The van der Waals surface area contributed by atoms with E-state index in [0.29, 0.717) is 6.04 Å². The Labute approximate surface area is 122 Å². The smallest absolute Gasteiger partial charge is 0.0413 e. The van der Waals surface area contributed by atoms with Gasteiger partial charge in [0.25, 0.3) is 0 Å². The Kier molecular flexibility index (Phi) is 4.75. The SMILES string of the molecule is CC(C)NCc1cc(Cl)ccc1N1CC(C)C(C)C1. The van der Waals surface area contributed by atoms with Gasteiger partial charge in [-0.25, -0.2) is 0 Å². The summed E-state index contributed by atoms with van der Waals surface area (Å²) in [5, 5.41) is 4.31. The first-order valence-corrected chi connectivity index (χ1v) is 7.62. The van der Waals surface area contributed by atoms with Gasteiger partial charge in [-0.15, -0.1) is 0 Å². The van der Waals surface area contributed by atoms with E-state index in [1.807, 2.05) is 6.07 Å². The summed E-state index contributed by atoms with van der Waals surface area (Å²) in [6.07, 6.45) is 0. The summed E-state index contributed by atoms with van der Waals surface area (Å²) < 4.78 is 0. The lowest BCUT2D eigenvalue weighted by Crippen LogP contribution is -2.25. The minimum atomic E-state index is 0.489. The van der Waals surface area contributed by atoms with Crippen LogP contribution in [0.15, 0.2) is 18.2 Å². The Morgan fingerprint density at radius 1 is 1.26 bits per heavy atom. The molecule has 0 amide bonds. The molecule has 0 aromatic heterocycles. The summed E-state index contributed by atoms with van der Waals surface area (Å²) in [6, 6.07) is 6.76. The quantitative estimate of drug-likeness (QED) is 0.899. The largest absolute Gasteiger partial charge is 0.371 e. The van der Waals surface area contributed by atoms with Gasteiger partial charge in [0.1, 0.15) is 0 Å². The van der Waals surface area contributed by atoms with E-state index in [0.717, 1.165) is 36.5 Å². The van der Waals surface area contributed by atoms with E-state index in [1.165, 1.54) is 11.3 Å². The molecule has 0 bridgehead atoms. The van der Waals surface area contributed by atoms with Crippen LogP contribution in [0.4, 0.5) is 5.69 Å². The first-order chi connectivity index (χ1) is 8.97. The van der Waals surface area contributed by atoms with Crippen LogP contribution in [0.25, 0.3) is 0 Å². The van der Waals surface area contributed by atoms with Gasteiger partial charge in [-0.1, -0.05) is 39.3 Å². The summed E-state index contributed by atoms with van der Waals surface area (Å²) in [5.41, 5.74) is 2.65. The molecular weight excluding hydrogens is 256 g/mol. The third-order valence-corrected chi connectivity index (χ3v) is 4.31. The fourth-order valence-electron chi connectivity index (χ4n) is 2.64. The fraction of sp³-hybridized carbons (Fsp3) is 0.625. The maximum absolute atomic E-state index is 6.15. The monoisotopic (exact) mass is 280 g/mol. The first kappa shape index (κ1) is 14.7. The molecule has 3 heteroatoms. The van der Waals surface area contributed by atoms with Crippen molar-refractivity contribution in [3.05, 3.63) is 28.8 Å². The number of halogens is 1. The summed E-state index contributed by atoms with van der Waals surface area (Å²) in [4.78, 5) is 2.50. The molecule has 2 rings (SSSR count). The van der Waals surface area contributed by atoms with Gasteiger partial charge in [-0.3, -0.25) is 0 Å². The van der Waals surface area contributed by atoms with Crippen LogP contribution in [-0.4, -0.2) is 19.1 Å². The lowest BCUT2D eigenvalue weighted by atomic mass is 10.0. The molecule has 1 aliphatic rings. The zero-order chi connectivity index (χ0) is 14.0. The Bertz CT molecular complexity index is 421. The van der Waals surface area contributed by atoms with Crippen molar-refractivity contribution >= 4 is 17.3 Å². The molecule has 0 radical (unpaired) electrons. The van der Waals surface area contributed by atoms with Crippen molar-refractivity contribution in [2.45, 2.75) is 40.3 Å². The molecule has 1 saturated heterocycles. The lowest BCUT2D eigenvalue weighted by molar-refractivity contribution is 0.494. The molecule has 1 aromatic rings. The van der Waals surface area contributed by atoms with Gasteiger partial charge in [-0.05, 0) is 35.6 Å². The van der Waals surface area contributed by atoms with E-state index in [4.69, 9.17) is 11.6 Å². The first-order valence-electron chi connectivity index (χ1n) is 7.24. The van der Waals surface area contributed by atoms with Crippen LogP contribution in [0.5, 0.6) is 0 Å². The van der Waals surface area contributed by atoms with Crippen LogP contribution >= 0.6 is 11.6 Å². The van der Waals surface area contributed by atoms with Gasteiger partial charge in [0.05, 0.1) is 0 Å². The van der Waals surface area contributed by atoms with Crippen LogP contribution in [0.3, 0.4) is 0 Å². The molecule has 1 fully saturated rings. The molecular formula is C16H25ClN2. The highest BCUT2D eigenvalue weighted by Crippen LogP contribution is 2.31. The van der Waals surface area contributed by atoms with Gasteiger partial charge in [-0.2, -0.15) is 0 Å². The second-order valence-electron chi connectivity index (χ2n) is 6.17. The maximum atomic E-state index is 6.15. The van der Waals surface area contributed by atoms with Crippen molar-refractivity contribution < 1.29 is 0 Å². The third-order valence-electron chi connectivity index (χ3n) is 4.07. The molecule has 0 spiro atoms. The van der Waals surface area contributed by atoms with Crippen LogP contribution < -0.4 is 10.2 Å². The minimum Gasteiger partial charge on any atom is -0.371 e. The predicted octanol–water partition coefficient (Wildman–Crippen LogP) is 3.93. The third kappa shape index (κ3) is 3.64. The van der Waals surface area contributed by atoms with Crippen LogP contribution in [0.2, 0.25) is 5.02 Å². The fourth-order valence-corrected chi connectivity index (χ4v) is 2.84. The Hall–Kier alpha value is -0.730. The average molecular weight is 281 g/mol. The van der Waals surface area contributed by atoms with Crippen LogP contribution in [0, 0.1) is 11.8 Å². The molecule has 0 saturated carbocycles. The molecule has 19 heavy (non-hydrogen) atoms. The molecule has 1 N–H and O–H groups in total. The van der Waals surface area contributed by atoms with Crippen molar-refractivity contribution in [2.24, 2.45) is 11.8 Å². The van der Waals surface area contributed by atoms with Crippen molar-refractivity contribution in [3.8, 4) is 0 Å². The van der Waals surface area contributed by atoms with Gasteiger partial charge < -0.3 is 10.2 Å². The maximum Gasteiger partial charge on any atom is 0.0413 e. The minimum absolute atomic E-state index is 0.489. The van der Waals surface area contributed by atoms with E-state index >= 15 is 0 Å². The Morgan fingerprint density at radius 3 is 2.47 bits per heavy atom. The highest BCUT2D eigenvalue weighted by Gasteiger charge is 2.27. The van der Waals surface area contributed by atoms with Crippen LogP contribution in [0.1, 0.15) is 33.3 Å². The number of rotatable bonds is 4. The van der Waals surface area contributed by atoms with Gasteiger partial charge in [0, 0.05) is 36.4 Å². The summed E-state index contributed by atoms with van der Waals surface area (Å²) in [5.74, 6) is 1.53. The Morgan fingerprint density at radius 2 is 1.89 bits per heavy atom. The summed E-state index contributed by atoms with van der Waals surface area (Å²) in [6.45, 7) is 12.2. The molecule has 1 heterocycles. The van der Waals surface area contributed by atoms with E-state index in [2.05, 4.69) is 50.0 Å². The zero-order valence-electron chi connectivity index (χ0n) is 12.4. The molecule has 2 unspecified atom stereocenters. The number of nitrogens with zero attached hydrogens (tertiary/aromatic N) is 1. The van der Waals surface area contributed by atoms with Gasteiger partial charge in [0.2, 0.25) is 0 Å². The van der Waals surface area contributed by atoms with E-state index in [9.17, 15) is 0 Å². The number of hydrogen-bond donors (Lipinski definition) is 1. The number of nitrogens with one attached hydrogen (secondary N) is 1. The van der Waals surface area contributed by atoms with Gasteiger partial charge in [0.15, 0.2) is 0 Å². The molecule has 1 aromatic carbocycles. The van der Waals surface area contributed by atoms with Crippen molar-refractivity contribution in [2.75, 3.05) is 18.0 Å². The Balaban J connectivity index is 2.19. The lowest BCUT2D eigenvalue weighted by Gasteiger charge is -2.23. The van der Waals surface area contributed by atoms with E-state index < -0.39 is 0 Å². The number of hydrogen-bond acceptors (Lipinski definition) is 2. The van der Waals surface area contributed by atoms with E-state index in [-0.39, 0.29) is 0 Å². The zero-order valence-corrected chi connectivity index (χ0v) is 13.2. The molecule has 0 aliphatic carbocycles. The highest BCUT2D eigenvalue weighted by molar-refractivity contribution is 6.30. The van der Waals surface area contributed by atoms with Crippen LogP contribution in [-0.2, 0) is 6.54 Å². The number of benzene rings is 1. The summed E-state index contributed by atoms with van der Waals surface area (Å²) in [7, 11) is 0. The number of anilines is 1. The highest BCUT2D eigenvalue weighted by atomic mass is 35.5. The normalized spacial score (nSPS) is 23.4. The molecule has 2 atom stereocenters. The molecule has 1 aliphatic heterocycles. The van der Waals surface area contributed by atoms with Crippen molar-refractivity contribution in [3.63, 3.8) is 0 Å². The summed E-state index contributed by atoms with van der Waals surface area (Å²) >= 11 is 6.15. The van der Waals surface area contributed by atoms with E-state index in [1.54, 1.807) is 0 Å². The molecule has 2 nitrogen and oxygen atoms in total. The second-order valence-corrected chi connectivity index (χ2v) is 6.60. The van der Waals surface area contributed by atoms with Gasteiger partial charge >= 0.3 is 0 Å². The van der Waals surface area contributed by atoms with Crippen molar-refractivity contribution in [1.29, 1.82) is 0 Å².